The van der Waals surface area contributed by atoms with Crippen LogP contribution in [0, 0.1) is 12.3 Å². The number of nitrogens with one attached hydrogen (secondary N) is 1. The lowest BCUT2D eigenvalue weighted by atomic mass is 10.1. The van der Waals surface area contributed by atoms with Crippen LogP contribution in [0.15, 0.2) is 22.7 Å². The van der Waals surface area contributed by atoms with Gasteiger partial charge in [0.15, 0.2) is 0 Å². The van der Waals surface area contributed by atoms with E-state index >= 15 is 0 Å². The minimum atomic E-state index is -0.970. The molecule has 0 fully saturated rings. The van der Waals surface area contributed by atoms with Crippen LogP contribution in [-0.2, 0) is 0 Å². The maximum Gasteiger partial charge on any atom is 0.338 e. The molecule has 0 saturated carbocycles. The van der Waals surface area contributed by atoms with Crippen molar-refractivity contribution in [3.05, 3.63) is 28.2 Å². The standard InChI is InChI=1S/C12H12BrNO2/c1-3-5-8(2)14-10-7-4-6-9(13)11(10)12(15)16/h1,4,6-8,14H,5H2,2H3,(H,15,16). The van der Waals surface area contributed by atoms with E-state index in [4.69, 9.17) is 11.5 Å². The first-order chi connectivity index (χ1) is 7.56. The van der Waals surface area contributed by atoms with E-state index in [-0.39, 0.29) is 11.6 Å². The minimum Gasteiger partial charge on any atom is -0.478 e. The average Bonchev–Trinajstić information content (AvgIpc) is 2.17. The van der Waals surface area contributed by atoms with Gasteiger partial charge in [0.25, 0.3) is 0 Å². The van der Waals surface area contributed by atoms with Gasteiger partial charge in [0.1, 0.15) is 0 Å². The molecule has 1 aromatic rings. The van der Waals surface area contributed by atoms with Gasteiger partial charge in [-0.05, 0) is 35.0 Å². The summed E-state index contributed by atoms with van der Waals surface area (Å²) in [4.78, 5) is 11.1. The van der Waals surface area contributed by atoms with Crippen LogP contribution in [0.25, 0.3) is 0 Å². The Balaban J connectivity index is 3.00. The highest BCUT2D eigenvalue weighted by Crippen LogP contribution is 2.25. The van der Waals surface area contributed by atoms with Crippen molar-refractivity contribution in [3.63, 3.8) is 0 Å². The number of aromatic carboxylic acids is 1. The van der Waals surface area contributed by atoms with Crippen LogP contribution in [0.4, 0.5) is 5.69 Å². The predicted molar refractivity (Wildman–Crippen MR) is 67.6 cm³/mol. The summed E-state index contributed by atoms with van der Waals surface area (Å²) in [5, 5.41) is 12.2. The van der Waals surface area contributed by atoms with Crippen molar-refractivity contribution in [1.29, 1.82) is 0 Å². The number of hydrogen-bond acceptors (Lipinski definition) is 2. The molecule has 3 nitrogen and oxygen atoms in total. The van der Waals surface area contributed by atoms with E-state index in [0.29, 0.717) is 16.6 Å². The summed E-state index contributed by atoms with van der Waals surface area (Å²) in [6.45, 7) is 1.91. The molecular weight excluding hydrogens is 270 g/mol. The third-order valence-corrected chi connectivity index (χ3v) is 2.71. The average molecular weight is 282 g/mol. The van der Waals surface area contributed by atoms with E-state index in [1.165, 1.54) is 0 Å². The molecule has 0 bridgehead atoms. The fraction of sp³-hybridized carbons (Fsp3) is 0.250. The van der Waals surface area contributed by atoms with Crippen molar-refractivity contribution in [2.75, 3.05) is 5.32 Å². The second-order valence-electron chi connectivity index (χ2n) is 3.42. The van der Waals surface area contributed by atoms with Crippen LogP contribution in [0.1, 0.15) is 23.7 Å². The molecule has 0 heterocycles. The molecule has 1 atom stereocenters. The number of carboxylic acid groups (broad SMARTS) is 1. The largest absolute Gasteiger partial charge is 0.478 e. The van der Waals surface area contributed by atoms with Crippen LogP contribution in [-0.4, -0.2) is 17.1 Å². The maximum atomic E-state index is 11.1. The summed E-state index contributed by atoms with van der Waals surface area (Å²) in [6.07, 6.45) is 5.74. The second-order valence-corrected chi connectivity index (χ2v) is 4.28. The molecule has 1 unspecified atom stereocenters. The number of rotatable bonds is 4. The van der Waals surface area contributed by atoms with Gasteiger partial charge in [-0.15, -0.1) is 12.3 Å². The highest BCUT2D eigenvalue weighted by molar-refractivity contribution is 9.10. The molecule has 1 rings (SSSR count). The highest BCUT2D eigenvalue weighted by atomic mass is 79.9. The Bertz CT molecular complexity index is 437. The summed E-state index contributed by atoms with van der Waals surface area (Å²) in [6, 6.07) is 5.24. The van der Waals surface area contributed by atoms with E-state index in [2.05, 4.69) is 27.2 Å². The number of carbonyl (C=O) groups is 1. The number of carboxylic acids is 1. The molecule has 1 aromatic carbocycles. The topological polar surface area (TPSA) is 49.3 Å². The van der Waals surface area contributed by atoms with Gasteiger partial charge in [-0.1, -0.05) is 6.07 Å². The Morgan fingerprint density at radius 1 is 1.69 bits per heavy atom. The van der Waals surface area contributed by atoms with Crippen LogP contribution in [0.3, 0.4) is 0 Å². The zero-order valence-electron chi connectivity index (χ0n) is 8.83. The summed E-state index contributed by atoms with van der Waals surface area (Å²) >= 11 is 3.22. The molecule has 0 aliphatic heterocycles. The van der Waals surface area contributed by atoms with E-state index in [1.807, 2.05) is 6.92 Å². The number of anilines is 1. The normalized spacial score (nSPS) is 11.6. The molecule has 0 aliphatic rings. The fourth-order valence-corrected chi connectivity index (χ4v) is 1.89. The first-order valence-corrected chi connectivity index (χ1v) is 5.57. The lowest BCUT2D eigenvalue weighted by molar-refractivity contribution is 0.0697. The Labute approximate surface area is 103 Å². The number of halogens is 1. The number of hydrogen-bond donors (Lipinski definition) is 2. The van der Waals surface area contributed by atoms with Crippen molar-refractivity contribution in [1.82, 2.24) is 0 Å². The molecule has 0 aromatic heterocycles. The molecule has 0 saturated heterocycles. The van der Waals surface area contributed by atoms with Crippen molar-refractivity contribution in [2.45, 2.75) is 19.4 Å². The summed E-state index contributed by atoms with van der Waals surface area (Å²) in [5.41, 5.74) is 0.802. The van der Waals surface area contributed by atoms with Crippen LogP contribution in [0.2, 0.25) is 0 Å². The van der Waals surface area contributed by atoms with E-state index in [1.54, 1.807) is 18.2 Å². The third-order valence-electron chi connectivity index (χ3n) is 2.05. The van der Waals surface area contributed by atoms with E-state index in [9.17, 15) is 4.79 Å². The quantitative estimate of drug-likeness (QED) is 0.835. The predicted octanol–water partition coefficient (Wildman–Crippen LogP) is 2.97. The van der Waals surface area contributed by atoms with Gasteiger partial charge in [0, 0.05) is 16.9 Å². The summed E-state index contributed by atoms with van der Waals surface area (Å²) < 4.78 is 0.554. The molecular formula is C12H12BrNO2. The summed E-state index contributed by atoms with van der Waals surface area (Å²) in [5.74, 6) is 1.56. The molecule has 0 amide bonds. The molecule has 0 radical (unpaired) electrons. The zero-order chi connectivity index (χ0) is 12.1. The van der Waals surface area contributed by atoms with Crippen LogP contribution >= 0.6 is 15.9 Å². The van der Waals surface area contributed by atoms with Gasteiger partial charge in [-0.25, -0.2) is 4.79 Å². The van der Waals surface area contributed by atoms with E-state index < -0.39 is 5.97 Å². The smallest absolute Gasteiger partial charge is 0.338 e. The van der Waals surface area contributed by atoms with Gasteiger partial charge in [-0.2, -0.15) is 0 Å². The maximum absolute atomic E-state index is 11.1. The fourth-order valence-electron chi connectivity index (χ4n) is 1.36. The second kappa shape index (κ2) is 5.57. The first kappa shape index (κ1) is 12.6. The molecule has 0 aliphatic carbocycles. The van der Waals surface area contributed by atoms with Crippen molar-refractivity contribution >= 4 is 27.6 Å². The number of benzene rings is 1. The third kappa shape index (κ3) is 3.01. The zero-order valence-corrected chi connectivity index (χ0v) is 10.4. The van der Waals surface area contributed by atoms with Crippen molar-refractivity contribution in [2.24, 2.45) is 0 Å². The van der Waals surface area contributed by atoms with Gasteiger partial charge >= 0.3 is 5.97 Å². The Hall–Kier alpha value is -1.47. The van der Waals surface area contributed by atoms with Gasteiger partial charge in [0.05, 0.1) is 11.3 Å². The van der Waals surface area contributed by atoms with Crippen molar-refractivity contribution in [3.8, 4) is 12.3 Å². The van der Waals surface area contributed by atoms with E-state index in [0.717, 1.165) is 0 Å². The Morgan fingerprint density at radius 3 is 2.94 bits per heavy atom. The number of terminal acetylenes is 1. The molecule has 16 heavy (non-hydrogen) atoms. The molecule has 0 spiro atoms. The molecule has 4 heteroatoms. The Morgan fingerprint density at radius 2 is 2.38 bits per heavy atom. The minimum absolute atomic E-state index is 0.0393. The van der Waals surface area contributed by atoms with Gasteiger partial charge < -0.3 is 10.4 Å². The monoisotopic (exact) mass is 281 g/mol. The molecule has 84 valence electrons. The summed E-state index contributed by atoms with van der Waals surface area (Å²) in [7, 11) is 0. The molecule has 2 N–H and O–H groups in total. The lowest BCUT2D eigenvalue weighted by Crippen LogP contribution is -2.16. The Kier molecular flexibility index (Phi) is 4.39. The lowest BCUT2D eigenvalue weighted by Gasteiger charge is -2.15. The van der Waals surface area contributed by atoms with Gasteiger partial charge in [-0.3, -0.25) is 0 Å². The SMILES string of the molecule is C#CCC(C)Nc1cccc(Br)c1C(=O)O. The van der Waals surface area contributed by atoms with Crippen molar-refractivity contribution < 1.29 is 9.90 Å². The van der Waals surface area contributed by atoms with Crippen LogP contribution in [0.5, 0.6) is 0 Å². The van der Waals surface area contributed by atoms with Crippen LogP contribution < -0.4 is 5.32 Å². The highest BCUT2D eigenvalue weighted by Gasteiger charge is 2.14. The van der Waals surface area contributed by atoms with Gasteiger partial charge in [0.2, 0.25) is 0 Å². The first-order valence-electron chi connectivity index (χ1n) is 4.78.